The first-order valence-corrected chi connectivity index (χ1v) is 10.7. The standard InChI is InChI=1S/C17H25N5O7S/c1-5-28-16(24)15-10(2)19-17(25)21-12(15)9-29-14(23)6-7-18-30(26,27)13-8-22(4)11(3)20-13/h8,10,18H,5-7,9H2,1-4H3,(H2,19,21,25). The lowest BCUT2D eigenvalue weighted by Crippen LogP contribution is -2.50. The number of carbonyl (C=O) groups excluding carboxylic acids is 3. The Morgan fingerprint density at radius 2 is 2.03 bits per heavy atom. The Hall–Kier alpha value is -2.93. The molecule has 1 unspecified atom stereocenters. The number of nitrogens with one attached hydrogen (secondary N) is 3. The van der Waals surface area contributed by atoms with Crippen LogP contribution in [0.2, 0.25) is 0 Å². The van der Waals surface area contributed by atoms with Gasteiger partial charge in [-0.05, 0) is 20.8 Å². The van der Waals surface area contributed by atoms with E-state index in [1.165, 1.54) is 6.20 Å². The van der Waals surface area contributed by atoms with Crippen LogP contribution in [0.4, 0.5) is 4.79 Å². The molecular weight excluding hydrogens is 418 g/mol. The van der Waals surface area contributed by atoms with Crippen LogP contribution < -0.4 is 15.4 Å². The first-order chi connectivity index (χ1) is 14.0. The van der Waals surface area contributed by atoms with Crippen molar-refractivity contribution in [1.29, 1.82) is 0 Å². The molecule has 12 nitrogen and oxygen atoms in total. The van der Waals surface area contributed by atoms with E-state index in [1.54, 1.807) is 32.4 Å². The second-order valence-electron chi connectivity index (χ2n) is 6.48. The molecule has 0 radical (unpaired) electrons. The van der Waals surface area contributed by atoms with E-state index in [-0.39, 0.29) is 42.5 Å². The summed E-state index contributed by atoms with van der Waals surface area (Å²) in [6.07, 6.45) is 1.11. The molecule has 0 fully saturated rings. The number of urea groups is 1. The molecule has 3 N–H and O–H groups in total. The van der Waals surface area contributed by atoms with Crippen LogP contribution in [0, 0.1) is 6.92 Å². The SMILES string of the molecule is CCOC(=O)C1=C(COC(=O)CCNS(=O)(=O)c2cn(C)c(C)n2)NC(=O)NC1C. The molecule has 2 heterocycles. The number of sulfonamides is 1. The van der Waals surface area contributed by atoms with Crippen molar-refractivity contribution in [1.82, 2.24) is 24.9 Å². The maximum absolute atomic E-state index is 12.2. The fourth-order valence-electron chi connectivity index (χ4n) is 2.64. The first kappa shape index (κ1) is 23.3. The number of rotatable bonds is 9. The van der Waals surface area contributed by atoms with Crippen LogP contribution in [0.5, 0.6) is 0 Å². The summed E-state index contributed by atoms with van der Waals surface area (Å²) in [5.41, 5.74) is 0.262. The van der Waals surface area contributed by atoms with Crippen LogP contribution in [0.3, 0.4) is 0 Å². The molecule has 0 bridgehead atoms. The fraction of sp³-hybridized carbons (Fsp3) is 0.529. The summed E-state index contributed by atoms with van der Waals surface area (Å²) in [4.78, 5) is 39.7. The minimum absolute atomic E-state index is 0.114. The summed E-state index contributed by atoms with van der Waals surface area (Å²) in [7, 11) is -2.19. The van der Waals surface area contributed by atoms with Gasteiger partial charge in [0.15, 0.2) is 5.03 Å². The molecule has 0 spiro atoms. The number of hydrogen-bond donors (Lipinski definition) is 3. The molecule has 0 saturated heterocycles. The van der Waals surface area contributed by atoms with Gasteiger partial charge < -0.3 is 24.7 Å². The Bertz CT molecular complexity index is 948. The van der Waals surface area contributed by atoms with Crippen LogP contribution in [0.15, 0.2) is 22.5 Å². The number of aryl methyl sites for hydroxylation is 2. The van der Waals surface area contributed by atoms with E-state index in [9.17, 15) is 22.8 Å². The van der Waals surface area contributed by atoms with Crippen molar-refractivity contribution in [2.75, 3.05) is 19.8 Å². The van der Waals surface area contributed by atoms with E-state index in [4.69, 9.17) is 9.47 Å². The lowest BCUT2D eigenvalue weighted by atomic mass is 10.0. The molecule has 13 heteroatoms. The summed E-state index contributed by atoms with van der Waals surface area (Å²) in [5.74, 6) is -0.827. The monoisotopic (exact) mass is 443 g/mol. The van der Waals surface area contributed by atoms with Crippen molar-refractivity contribution >= 4 is 28.0 Å². The number of imidazole rings is 1. The normalized spacial score (nSPS) is 16.7. The van der Waals surface area contributed by atoms with Gasteiger partial charge in [-0.25, -0.2) is 27.7 Å². The van der Waals surface area contributed by atoms with Gasteiger partial charge in [0.25, 0.3) is 10.0 Å². The van der Waals surface area contributed by atoms with E-state index in [2.05, 4.69) is 20.3 Å². The Labute approximate surface area is 174 Å². The molecule has 0 aliphatic carbocycles. The van der Waals surface area contributed by atoms with Crippen LogP contribution in [0.1, 0.15) is 26.1 Å². The molecule has 1 aromatic heterocycles. The number of esters is 2. The smallest absolute Gasteiger partial charge is 0.338 e. The third-order valence-electron chi connectivity index (χ3n) is 4.23. The molecule has 1 atom stereocenters. The van der Waals surface area contributed by atoms with Gasteiger partial charge in [-0.3, -0.25) is 4.79 Å². The van der Waals surface area contributed by atoms with Gasteiger partial charge >= 0.3 is 18.0 Å². The van der Waals surface area contributed by atoms with Gasteiger partial charge in [0.1, 0.15) is 12.4 Å². The molecule has 1 aromatic rings. The third-order valence-corrected chi connectivity index (χ3v) is 5.56. The highest BCUT2D eigenvalue weighted by Crippen LogP contribution is 2.15. The first-order valence-electron chi connectivity index (χ1n) is 9.18. The van der Waals surface area contributed by atoms with E-state index in [0.29, 0.717) is 5.82 Å². The minimum atomic E-state index is -3.86. The zero-order chi connectivity index (χ0) is 22.5. The summed E-state index contributed by atoms with van der Waals surface area (Å²) >= 11 is 0. The Morgan fingerprint density at radius 3 is 2.63 bits per heavy atom. The van der Waals surface area contributed by atoms with Crippen LogP contribution in [-0.2, 0) is 36.1 Å². The van der Waals surface area contributed by atoms with Gasteiger partial charge in [0.05, 0.1) is 30.3 Å². The highest BCUT2D eigenvalue weighted by atomic mass is 32.2. The molecule has 166 valence electrons. The average Bonchev–Trinajstić information content (AvgIpc) is 2.99. The largest absolute Gasteiger partial charge is 0.463 e. The van der Waals surface area contributed by atoms with E-state index in [0.717, 1.165) is 0 Å². The van der Waals surface area contributed by atoms with Crippen molar-refractivity contribution in [2.45, 2.75) is 38.3 Å². The minimum Gasteiger partial charge on any atom is -0.463 e. The molecule has 1 aliphatic rings. The molecule has 2 rings (SSSR count). The van der Waals surface area contributed by atoms with Gasteiger partial charge in [0.2, 0.25) is 0 Å². The highest BCUT2D eigenvalue weighted by molar-refractivity contribution is 7.89. The molecule has 30 heavy (non-hydrogen) atoms. The third kappa shape index (κ3) is 5.79. The van der Waals surface area contributed by atoms with E-state index >= 15 is 0 Å². The number of aromatic nitrogens is 2. The summed E-state index contributed by atoms with van der Waals surface area (Å²) in [5, 5.41) is 4.81. The molecule has 2 amide bonds. The number of carbonyl (C=O) groups is 3. The quantitative estimate of drug-likeness (QED) is 0.429. The molecule has 1 aliphatic heterocycles. The van der Waals surface area contributed by atoms with Gasteiger partial charge in [-0.15, -0.1) is 0 Å². The Morgan fingerprint density at radius 1 is 1.33 bits per heavy atom. The van der Waals surface area contributed by atoms with Crippen LogP contribution >= 0.6 is 0 Å². The van der Waals surface area contributed by atoms with E-state index in [1.807, 2.05) is 0 Å². The lowest BCUT2D eigenvalue weighted by molar-refractivity contribution is -0.143. The van der Waals surface area contributed by atoms with Crippen LogP contribution in [0.25, 0.3) is 0 Å². The van der Waals surface area contributed by atoms with Crippen molar-refractivity contribution < 1.29 is 32.3 Å². The number of nitrogens with zero attached hydrogens (tertiary/aromatic N) is 2. The van der Waals surface area contributed by atoms with Gasteiger partial charge in [-0.2, -0.15) is 0 Å². The van der Waals surface area contributed by atoms with Gasteiger partial charge in [0, 0.05) is 19.8 Å². The number of ether oxygens (including phenoxy) is 2. The van der Waals surface area contributed by atoms with Crippen molar-refractivity contribution in [3.63, 3.8) is 0 Å². The zero-order valence-electron chi connectivity index (χ0n) is 17.1. The lowest BCUT2D eigenvalue weighted by Gasteiger charge is -2.26. The van der Waals surface area contributed by atoms with Crippen molar-refractivity contribution in [3.05, 3.63) is 23.3 Å². The predicted molar refractivity (Wildman–Crippen MR) is 103 cm³/mol. The maximum atomic E-state index is 12.2. The predicted octanol–water partition coefficient (Wildman–Crippen LogP) is -0.541. The second-order valence-corrected chi connectivity index (χ2v) is 8.19. The van der Waals surface area contributed by atoms with Crippen molar-refractivity contribution in [2.24, 2.45) is 7.05 Å². The summed E-state index contributed by atoms with van der Waals surface area (Å²) in [6.45, 7) is 4.48. The topological polar surface area (TPSA) is 158 Å². The Kier molecular flexibility index (Phi) is 7.56. The maximum Gasteiger partial charge on any atom is 0.338 e. The molecule has 0 saturated carbocycles. The van der Waals surface area contributed by atoms with Crippen LogP contribution in [-0.4, -0.2) is 61.7 Å². The number of hydrogen-bond acceptors (Lipinski definition) is 8. The molecular formula is C17H25N5O7S. The highest BCUT2D eigenvalue weighted by Gasteiger charge is 2.30. The molecule has 0 aromatic carbocycles. The Balaban J connectivity index is 1.93. The summed E-state index contributed by atoms with van der Waals surface area (Å²) < 4.78 is 38.2. The number of amides is 2. The fourth-order valence-corrected chi connectivity index (χ4v) is 3.70. The second kappa shape index (κ2) is 9.71. The van der Waals surface area contributed by atoms with E-state index < -0.39 is 34.0 Å². The average molecular weight is 443 g/mol. The van der Waals surface area contributed by atoms with Gasteiger partial charge in [-0.1, -0.05) is 0 Å². The summed E-state index contributed by atoms with van der Waals surface area (Å²) in [6, 6.07) is -1.17. The van der Waals surface area contributed by atoms with Crippen molar-refractivity contribution in [3.8, 4) is 0 Å². The zero-order valence-corrected chi connectivity index (χ0v) is 18.0.